The van der Waals surface area contributed by atoms with Crippen molar-refractivity contribution >= 4 is 46.4 Å². The zero-order valence-electron chi connectivity index (χ0n) is 22.6. The topological polar surface area (TPSA) is 117 Å². The molecule has 0 saturated carbocycles. The van der Waals surface area contributed by atoms with Crippen LogP contribution in [0.1, 0.15) is 29.9 Å². The molecule has 0 fully saturated rings. The van der Waals surface area contributed by atoms with E-state index >= 15 is 0 Å². The number of hydrogen-bond acceptors (Lipinski definition) is 8. The van der Waals surface area contributed by atoms with Crippen molar-refractivity contribution in [3.05, 3.63) is 148 Å². The van der Waals surface area contributed by atoms with E-state index in [-0.39, 0.29) is 28.4 Å². The van der Waals surface area contributed by atoms with Crippen LogP contribution in [-0.2, 0) is 9.53 Å². The third kappa shape index (κ3) is 5.33. The Hall–Kier alpha value is -5.06. The van der Waals surface area contributed by atoms with Crippen molar-refractivity contribution in [1.29, 1.82) is 0 Å². The number of thiazole rings is 1. The number of carbonyl (C=O) groups is 1. The van der Waals surface area contributed by atoms with Crippen molar-refractivity contribution in [2.45, 2.75) is 13.0 Å². The van der Waals surface area contributed by atoms with Gasteiger partial charge in [-0.3, -0.25) is 19.5 Å². The highest BCUT2D eigenvalue weighted by Crippen LogP contribution is 2.35. The van der Waals surface area contributed by atoms with Gasteiger partial charge >= 0.3 is 5.97 Å². The molecule has 1 atom stereocenters. The van der Waals surface area contributed by atoms with Gasteiger partial charge in [0.25, 0.3) is 11.2 Å². The van der Waals surface area contributed by atoms with Crippen LogP contribution in [0.2, 0.25) is 5.02 Å². The van der Waals surface area contributed by atoms with Crippen molar-refractivity contribution in [2.75, 3.05) is 6.61 Å². The second kappa shape index (κ2) is 11.7. The van der Waals surface area contributed by atoms with Crippen LogP contribution in [-0.4, -0.2) is 22.1 Å². The van der Waals surface area contributed by atoms with E-state index in [1.807, 2.05) is 60.7 Å². The molecular weight excluding hydrogens is 590 g/mol. The van der Waals surface area contributed by atoms with E-state index in [0.29, 0.717) is 32.1 Å². The quantitative estimate of drug-likeness (QED) is 0.131. The molecule has 0 saturated heterocycles. The van der Waals surface area contributed by atoms with Gasteiger partial charge in [0.05, 0.1) is 38.4 Å². The number of nitro benzene ring substituents is 1. The Kier molecular flexibility index (Phi) is 7.62. The summed E-state index contributed by atoms with van der Waals surface area (Å²) >= 11 is 7.47. The molecule has 0 N–H and O–H groups in total. The first-order valence-corrected chi connectivity index (χ1v) is 14.4. The minimum Gasteiger partial charge on any atom is -0.463 e. The second-order valence-electron chi connectivity index (χ2n) is 9.47. The third-order valence-electron chi connectivity index (χ3n) is 6.82. The Morgan fingerprint density at radius 2 is 1.81 bits per heavy atom. The standard InChI is InChI=1S/C32H22ClN3O6S/c1-2-41-31(38)27-28(19-9-5-3-6-10-19)34-32-35(29(27)20-11-7-4-8-12-20)30(37)26(43-32)18-22-14-16-25(42-22)23-15-13-21(36(39)40)17-24(23)33/h3-18,29H,2H2,1H3/b26-18-/t29-/m1/s1. The predicted octanol–water partition coefficient (Wildman–Crippen LogP) is 5.76. The van der Waals surface area contributed by atoms with Crippen molar-refractivity contribution in [3.8, 4) is 11.3 Å². The first-order chi connectivity index (χ1) is 20.9. The smallest absolute Gasteiger partial charge is 0.338 e. The van der Waals surface area contributed by atoms with Gasteiger partial charge in [-0.15, -0.1) is 0 Å². The van der Waals surface area contributed by atoms with Crippen LogP contribution in [0.3, 0.4) is 0 Å². The summed E-state index contributed by atoms with van der Waals surface area (Å²) < 4.78 is 13.3. The fourth-order valence-corrected chi connectivity index (χ4v) is 6.16. The molecule has 11 heteroatoms. The average Bonchev–Trinajstić information content (AvgIpc) is 3.61. The van der Waals surface area contributed by atoms with E-state index in [0.717, 1.165) is 11.1 Å². The summed E-state index contributed by atoms with van der Waals surface area (Å²) in [6.07, 6.45) is 1.60. The lowest BCUT2D eigenvalue weighted by Crippen LogP contribution is -2.39. The summed E-state index contributed by atoms with van der Waals surface area (Å²) in [6.45, 7) is 1.89. The number of halogens is 1. The summed E-state index contributed by atoms with van der Waals surface area (Å²) in [6, 6.07) is 25.3. The molecule has 3 aromatic carbocycles. The van der Waals surface area contributed by atoms with Crippen molar-refractivity contribution in [3.63, 3.8) is 0 Å². The van der Waals surface area contributed by atoms with Crippen LogP contribution in [0.5, 0.6) is 0 Å². The first kappa shape index (κ1) is 28.1. The molecule has 9 nitrogen and oxygen atoms in total. The Morgan fingerprint density at radius 1 is 1.09 bits per heavy atom. The van der Waals surface area contributed by atoms with Gasteiger partial charge in [0.15, 0.2) is 4.80 Å². The molecule has 0 spiro atoms. The van der Waals surface area contributed by atoms with Gasteiger partial charge in [-0.2, -0.15) is 0 Å². The molecule has 3 heterocycles. The summed E-state index contributed by atoms with van der Waals surface area (Å²) in [5.74, 6) is 0.208. The molecule has 214 valence electrons. The molecule has 2 aromatic heterocycles. The minimum absolute atomic E-state index is 0.133. The van der Waals surface area contributed by atoms with Gasteiger partial charge in [0.1, 0.15) is 11.5 Å². The van der Waals surface area contributed by atoms with E-state index in [2.05, 4.69) is 0 Å². The van der Waals surface area contributed by atoms with Gasteiger partial charge in [-0.25, -0.2) is 9.79 Å². The SMILES string of the molecule is CCOC(=O)C1=C(c2ccccc2)N=c2s/c(=C\c3ccc(-c4ccc([N+](=O)[O-])cc4Cl)o3)c(=O)n2[C@@H]1c1ccccc1. The maximum atomic E-state index is 14.0. The first-order valence-electron chi connectivity index (χ1n) is 13.2. The van der Waals surface area contributed by atoms with Crippen molar-refractivity contribution in [1.82, 2.24) is 4.57 Å². The molecule has 0 aliphatic carbocycles. The van der Waals surface area contributed by atoms with Crippen LogP contribution >= 0.6 is 22.9 Å². The third-order valence-corrected chi connectivity index (χ3v) is 8.11. The Bertz CT molecular complexity index is 2080. The van der Waals surface area contributed by atoms with Gasteiger partial charge in [0.2, 0.25) is 0 Å². The zero-order valence-corrected chi connectivity index (χ0v) is 24.2. The highest BCUT2D eigenvalue weighted by Gasteiger charge is 2.35. The van der Waals surface area contributed by atoms with E-state index in [4.69, 9.17) is 25.7 Å². The Balaban J connectivity index is 1.52. The minimum atomic E-state index is -0.778. The molecule has 43 heavy (non-hydrogen) atoms. The van der Waals surface area contributed by atoms with Crippen LogP contribution in [0.15, 0.2) is 111 Å². The lowest BCUT2D eigenvalue weighted by molar-refractivity contribution is -0.384. The van der Waals surface area contributed by atoms with Crippen LogP contribution in [0.25, 0.3) is 23.1 Å². The maximum absolute atomic E-state index is 14.0. The Labute approximate surface area is 253 Å². The fourth-order valence-electron chi connectivity index (χ4n) is 4.91. The lowest BCUT2D eigenvalue weighted by atomic mass is 9.93. The number of nitrogens with zero attached hydrogens (tertiary/aromatic N) is 3. The summed E-state index contributed by atoms with van der Waals surface area (Å²) in [7, 11) is 0. The van der Waals surface area contributed by atoms with Gasteiger partial charge in [-0.05, 0) is 30.7 Å². The molecule has 1 aliphatic heterocycles. The van der Waals surface area contributed by atoms with E-state index in [1.165, 1.54) is 34.1 Å². The number of aromatic nitrogens is 1. The normalized spacial score (nSPS) is 14.7. The van der Waals surface area contributed by atoms with Crippen LogP contribution in [0, 0.1) is 10.1 Å². The van der Waals surface area contributed by atoms with E-state index in [9.17, 15) is 19.7 Å². The summed E-state index contributed by atoms with van der Waals surface area (Å²) in [5.41, 5.74) is 2.16. The van der Waals surface area contributed by atoms with Crippen molar-refractivity contribution < 1.29 is 18.9 Å². The monoisotopic (exact) mass is 611 g/mol. The molecule has 1 aliphatic rings. The Morgan fingerprint density at radius 3 is 2.49 bits per heavy atom. The van der Waals surface area contributed by atoms with Gasteiger partial charge < -0.3 is 9.15 Å². The maximum Gasteiger partial charge on any atom is 0.338 e. The van der Waals surface area contributed by atoms with Crippen LogP contribution in [0.4, 0.5) is 5.69 Å². The van der Waals surface area contributed by atoms with Gasteiger partial charge in [0, 0.05) is 29.3 Å². The number of fused-ring (bicyclic) bond motifs is 1. The molecule has 0 amide bonds. The predicted molar refractivity (Wildman–Crippen MR) is 163 cm³/mol. The van der Waals surface area contributed by atoms with E-state index < -0.39 is 16.9 Å². The number of rotatable bonds is 7. The fraction of sp³-hybridized carbons (Fsp3) is 0.0938. The number of esters is 1. The molecule has 0 unspecified atom stereocenters. The molecule has 6 rings (SSSR count). The zero-order chi connectivity index (χ0) is 30.1. The number of ether oxygens (including phenoxy) is 1. The summed E-state index contributed by atoms with van der Waals surface area (Å²) in [4.78, 5) is 43.3. The largest absolute Gasteiger partial charge is 0.463 e. The number of carbonyl (C=O) groups excluding carboxylic acids is 1. The second-order valence-corrected chi connectivity index (χ2v) is 10.9. The average molecular weight is 612 g/mol. The van der Waals surface area contributed by atoms with E-state index in [1.54, 1.807) is 25.1 Å². The summed E-state index contributed by atoms with van der Waals surface area (Å²) in [5, 5.41) is 11.2. The lowest BCUT2D eigenvalue weighted by Gasteiger charge is -2.25. The van der Waals surface area contributed by atoms with Crippen LogP contribution < -0.4 is 14.9 Å². The number of benzene rings is 3. The molecular formula is C32H22ClN3O6S. The molecule has 5 aromatic rings. The number of hydrogen-bond donors (Lipinski definition) is 0. The van der Waals surface area contributed by atoms with Crippen molar-refractivity contribution in [2.24, 2.45) is 4.99 Å². The highest BCUT2D eigenvalue weighted by molar-refractivity contribution is 7.07. The number of non-ortho nitro benzene ring substituents is 1. The number of furan rings is 1. The van der Waals surface area contributed by atoms with Gasteiger partial charge in [-0.1, -0.05) is 83.6 Å². The highest BCUT2D eigenvalue weighted by atomic mass is 35.5. The molecule has 0 radical (unpaired) electrons. The molecule has 0 bridgehead atoms. The number of nitro groups is 1.